The van der Waals surface area contributed by atoms with E-state index in [0.29, 0.717) is 11.7 Å². The summed E-state index contributed by atoms with van der Waals surface area (Å²) in [5, 5.41) is 13.4. The maximum atomic E-state index is 9.69. The second-order valence-electron chi connectivity index (χ2n) is 7.45. The number of phenols is 1. The molecule has 1 heterocycles. The number of nitrogens with one attached hydrogen (secondary N) is 1. The second-order valence-corrected chi connectivity index (χ2v) is 7.45. The number of rotatable bonds is 3. The van der Waals surface area contributed by atoms with Crippen LogP contribution in [0, 0.1) is 0 Å². The van der Waals surface area contributed by atoms with E-state index >= 15 is 0 Å². The monoisotopic (exact) mass is 336 g/mol. The van der Waals surface area contributed by atoms with Crippen molar-refractivity contribution in [1.29, 1.82) is 0 Å². The zero-order valence-corrected chi connectivity index (χ0v) is 15.0. The Bertz CT molecular complexity index is 727. The van der Waals surface area contributed by atoms with Crippen LogP contribution in [-0.4, -0.2) is 30.3 Å². The van der Waals surface area contributed by atoms with Gasteiger partial charge in [0.15, 0.2) is 0 Å². The third-order valence-corrected chi connectivity index (χ3v) is 6.27. The largest absolute Gasteiger partial charge is 0.508 e. The van der Waals surface area contributed by atoms with E-state index < -0.39 is 0 Å². The number of hydrogen-bond acceptors (Lipinski definition) is 3. The minimum Gasteiger partial charge on any atom is -0.508 e. The number of fused-ring (bicyclic) bond motifs is 1. The Balaban J connectivity index is 1.79. The van der Waals surface area contributed by atoms with Crippen LogP contribution in [0.25, 0.3) is 0 Å². The van der Waals surface area contributed by atoms with Crippen LogP contribution in [0.1, 0.15) is 43.2 Å². The van der Waals surface area contributed by atoms with E-state index in [0.717, 1.165) is 26.1 Å². The molecule has 1 saturated heterocycles. The molecule has 0 radical (unpaired) electrons. The molecule has 1 fully saturated rings. The lowest BCUT2D eigenvalue weighted by atomic mass is 9.68. The quantitative estimate of drug-likeness (QED) is 0.887. The van der Waals surface area contributed by atoms with Crippen LogP contribution in [-0.2, 0) is 6.42 Å². The molecule has 3 heteroatoms. The van der Waals surface area contributed by atoms with Crippen molar-refractivity contribution in [2.45, 2.75) is 44.1 Å². The average molecular weight is 336 g/mol. The third kappa shape index (κ3) is 2.81. The van der Waals surface area contributed by atoms with Gasteiger partial charge < -0.3 is 15.3 Å². The summed E-state index contributed by atoms with van der Waals surface area (Å²) in [7, 11) is 0. The molecule has 0 aromatic heterocycles. The number of aryl methyl sites for hydroxylation is 1. The van der Waals surface area contributed by atoms with Gasteiger partial charge in [0.25, 0.3) is 0 Å². The van der Waals surface area contributed by atoms with E-state index in [4.69, 9.17) is 0 Å². The topological polar surface area (TPSA) is 35.5 Å². The first-order valence-electron chi connectivity index (χ1n) is 9.60. The standard InChI is InChI=1S/C22H28N2O/c1-2-22(21-9-5-7-17-6-3-4-8-20(17)21)16-23-14-15-24(22)18-10-12-19(25)13-11-18/h3-4,6,8,10-13,21,23,25H,2,5,7,9,14-16H2,1H3. The number of phenolic OH excluding ortho intramolecular Hbond substituents is 1. The van der Waals surface area contributed by atoms with Crippen molar-refractivity contribution in [3.8, 4) is 5.75 Å². The molecule has 2 aromatic carbocycles. The van der Waals surface area contributed by atoms with Gasteiger partial charge in [-0.3, -0.25) is 0 Å². The van der Waals surface area contributed by atoms with Crippen molar-refractivity contribution < 1.29 is 5.11 Å². The fraction of sp³-hybridized carbons (Fsp3) is 0.455. The SMILES string of the molecule is CCC1(C2CCCc3ccccc32)CNCCN1c1ccc(O)cc1. The van der Waals surface area contributed by atoms with Crippen LogP contribution in [0.15, 0.2) is 48.5 Å². The number of benzene rings is 2. The van der Waals surface area contributed by atoms with Crippen molar-refractivity contribution in [3.05, 3.63) is 59.7 Å². The molecule has 25 heavy (non-hydrogen) atoms. The molecule has 0 bridgehead atoms. The molecule has 2 atom stereocenters. The molecule has 4 rings (SSSR count). The highest BCUT2D eigenvalue weighted by molar-refractivity contribution is 5.54. The van der Waals surface area contributed by atoms with Gasteiger partial charge in [0.1, 0.15) is 5.75 Å². The normalized spacial score (nSPS) is 26.3. The van der Waals surface area contributed by atoms with Gasteiger partial charge in [-0.1, -0.05) is 31.2 Å². The minimum atomic E-state index is 0.0890. The van der Waals surface area contributed by atoms with Crippen LogP contribution >= 0.6 is 0 Å². The predicted octanol–water partition coefficient (Wildman–Crippen LogP) is 4.07. The Morgan fingerprint density at radius 3 is 2.76 bits per heavy atom. The summed E-state index contributed by atoms with van der Waals surface area (Å²) < 4.78 is 0. The van der Waals surface area contributed by atoms with Crippen LogP contribution in [0.3, 0.4) is 0 Å². The Kier molecular flexibility index (Phi) is 4.43. The third-order valence-electron chi connectivity index (χ3n) is 6.27. The Hall–Kier alpha value is -2.00. The molecule has 3 nitrogen and oxygen atoms in total. The molecule has 2 aliphatic rings. The highest BCUT2D eigenvalue weighted by atomic mass is 16.3. The minimum absolute atomic E-state index is 0.0890. The maximum Gasteiger partial charge on any atom is 0.115 e. The van der Waals surface area contributed by atoms with Crippen LogP contribution in [0.2, 0.25) is 0 Å². The highest BCUT2D eigenvalue weighted by Crippen LogP contribution is 2.46. The molecule has 1 aliphatic carbocycles. The summed E-state index contributed by atoms with van der Waals surface area (Å²) in [6.07, 6.45) is 4.84. The Labute approximate surface area is 150 Å². The summed E-state index contributed by atoms with van der Waals surface area (Å²) in [5.41, 5.74) is 4.39. The molecule has 0 spiro atoms. The summed E-state index contributed by atoms with van der Waals surface area (Å²) in [6.45, 7) is 5.37. The first kappa shape index (κ1) is 16.5. The summed E-state index contributed by atoms with van der Waals surface area (Å²) in [5.74, 6) is 0.882. The first-order valence-corrected chi connectivity index (χ1v) is 9.60. The van der Waals surface area contributed by atoms with Crippen LogP contribution < -0.4 is 10.2 Å². The fourth-order valence-electron chi connectivity index (χ4n) is 5.02. The smallest absolute Gasteiger partial charge is 0.115 e. The van der Waals surface area contributed by atoms with Gasteiger partial charge >= 0.3 is 0 Å². The Morgan fingerprint density at radius 2 is 1.96 bits per heavy atom. The molecule has 132 valence electrons. The highest BCUT2D eigenvalue weighted by Gasteiger charge is 2.46. The van der Waals surface area contributed by atoms with Crippen molar-refractivity contribution >= 4 is 5.69 Å². The summed E-state index contributed by atoms with van der Waals surface area (Å²) in [4.78, 5) is 2.61. The molecule has 0 amide bonds. The lowest BCUT2D eigenvalue weighted by molar-refractivity contribution is 0.244. The van der Waals surface area contributed by atoms with E-state index in [1.165, 1.54) is 30.5 Å². The second kappa shape index (κ2) is 6.72. The van der Waals surface area contributed by atoms with E-state index in [2.05, 4.69) is 53.5 Å². The van der Waals surface area contributed by atoms with Gasteiger partial charge in [-0.2, -0.15) is 0 Å². The lowest BCUT2D eigenvalue weighted by Gasteiger charge is -2.54. The van der Waals surface area contributed by atoms with Gasteiger partial charge in [0, 0.05) is 31.2 Å². The van der Waals surface area contributed by atoms with Gasteiger partial charge in [0.05, 0.1) is 5.54 Å². The molecule has 0 saturated carbocycles. The fourth-order valence-corrected chi connectivity index (χ4v) is 5.02. The number of hydrogen-bond donors (Lipinski definition) is 2. The first-order chi connectivity index (χ1) is 12.2. The predicted molar refractivity (Wildman–Crippen MR) is 103 cm³/mol. The van der Waals surface area contributed by atoms with Crippen molar-refractivity contribution in [1.82, 2.24) is 5.32 Å². The van der Waals surface area contributed by atoms with Gasteiger partial charge in [-0.25, -0.2) is 0 Å². The average Bonchev–Trinajstić information content (AvgIpc) is 2.68. The zero-order valence-electron chi connectivity index (χ0n) is 15.0. The summed E-state index contributed by atoms with van der Waals surface area (Å²) >= 11 is 0. The number of piperazine rings is 1. The van der Waals surface area contributed by atoms with Gasteiger partial charge in [0.2, 0.25) is 0 Å². The van der Waals surface area contributed by atoms with Crippen LogP contribution in [0.4, 0.5) is 5.69 Å². The van der Waals surface area contributed by atoms with E-state index in [1.807, 2.05) is 12.1 Å². The molecule has 2 unspecified atom stereocenters. The number of nitrogens with zero attached hydrogens (tertiary/aromatic N) is 1. The lowest BCUT2D eigenvalue weighted by Crippen LogP contribution is -2.64. The van der Waals surface area contributed by atoms with Crippen molar-refractivity contribution in [2.75, 3.05) is 24.5 Å². The van der Waals surface area contributed by atoms with E-state index in [9.17, 15) is 5.11 Å². The molecule has 1 aliphatic heterocycles. The van der Waals surface area contributed by atoms with Gasteiger partial charge in [-0.05, 0) is 61.1 Å². The van der Waals surface area contributed by atoms with Crippen molar-refractivity contribution in [3.63, 3.8) is 0 Å². The Morgan fingerprint density at radius 1 is 1.16 bits per heavy atom. The maximum absolute atomic E-state index is 9.69. The number of anilines is 1. The van der Waals surface area contributed by atoms with E-state index in [1.54, 1.807) is 5.56 Å². The summed E-state index contributed by atoms with van der Waals surface area (Å²) in [6, 6.07) is 16.8. The molecular weight excluding hydrogens is 308 g/mol. The zero-order chi connectivity index (χ0) is 17.3. The van der Waals surface area contributed by atoms with Gasteiger partial charge in [-0.15, -0.1) is 0 Å². The van der Waals surface area contributed by atoms with Crippen molar-refractivity contribution in [2.24, 2.45) is 0 Å². The number of aromatic hydroxyl groups is 1. The van der Waals surface area contributed by atoms with Crippen LogP contribution in [0.5, 0.6) is 5.75 Å². The molecular formula is C22H28N2O. The van der Waals surface area contributed by atoms with E-state index in [-0.39, 0.29) is 5.54 Å². The molecule has 2 aromatic rings. The molecule has 2 N–H and O–H groups in total.